The van der Waals surface area contributed by atoms with Crippen LogP contribution in [0.15, 0.2) is 42.5 Å². The van der Waals surface area contributed by atoms with Crippen molar-refractivity contribution in [1.82, 2.24) is 15.1 Å². The molecular weight excluding hydrogens is 445 g/mol. The van der Waals surface area contributed by atoms with Crippen LogP contribution in [0.4, 0.5) is 18.3 Å². The molecule has 1 aliphatic heterocycles. The van der Waals surface area contributed by atoms with Gasteiger partial charge in [0.1, 0.15) is 0 Å². The van der Waals surface area contributed by atoms with E-state index in [0.717, 1.165) is 6.42 Å². The second-order valence-electron chi connectivity index (χ2n) is 8.14. The number of alkyl halides is 3. The third kappa shape index (κ3) is 3.40. The van der Waals surface area contributed by atoms with E-state index in [1.165, 1.54) is 4.90 Å². The van der Waals surface area contributed by atoms with Crippen LogP contribution in [0, 0.1) is 23.7 Å². The molecule has 2 aromatic rings. The van der Waals surface area contributed by atoms with Crippen molar-refractivity contribution in [3.63, 3.8) is 0 Å². The van der Waals surface area contributed by atoms with E-state index in [2.05, 4.69) is 15.5 Å². The summed E-state index contributed by atoms with van der Waals surface area (Å²) in [6.07, 6.45) is -0.204. The summed E-state index contributed by atoms with van der Waals surface area (Å²) in [4.78, 5) is 40.4. The van der Waals surface area contributed by atoms with E-state index in [1.807, 2.05) is 12.2 Å². The predicted molar refractivity (Wildman–Crippen MR) is 107 cm³/mol. The molecule has 32 heavy (non-hydrogen) atoms. The maximum absolute atomic E-state index is 13.2. The first-order valence-electron chi connectivity index (χ1n) is 10.0. The van der Waals surface area contributed by atoms with Crippen LogP contribution in [0.5, 0.6) is 0 Å². The van der Waals surface area contributed by atoms with Gasteiger partial charge in [-0.1, -0.05) is 53.8 Å². The monoisotopic (exact) mass is 462 g/mol. The third-order valence-corrected chi connectivity index (χ3v) is 7.18. The Hall–Kier alpha value is -3.08. The zero-order valence-electron chi connectivity index (χ0n) is 16.5. The van der Waals surface area contributed by atoms with E-state index in [-0.39, 0.29) is 46.5 Å². The van der Waals surface area contributed by atoms with Crippen LogP contribution in [-0.4, -0.2) is 32.8 Å². The average molecular weight is 462 g/mol. The van der Waals surface area contributed by atoms with Crippen LogP contribution in [0.2, 0.25) is 0 Å². The van der Waals surface area contributed by atoms with E-state index in [0.29, 0.717) is 5.56 Å². The minimum atomic E-state index is -4.66. The molecule has 2 fully saturated rings. The first-order valence-corrected chi connectivity index (χ1v) is 10.9. The summed E-state index contributed by atoms with van der Waals surface area (Å²) in [5.41, 5.74) is 0.595. The van der Waals surface area contributed by atoms with Gasteiger partial charge in [-0.25, -0.2) is 0 Å². The normalized spacial score (nSPS) is 27.2. The van der Waals surface area contributed by atoms with Gasteiger partial charge in [0.15, 0.2) is 0 Å². The predicted octanol–water partition coefficient (Wildman–Crippen LogP) is 3.43. The second kappa shape index (κ2) is 7.51. The molecular formula is C21H17F3N4O3S. The Bertz CT molecular complexity index is 1090. The lowest BCUT2D eigenvalue weighted by atomic mass is 9.85. The van der Waals surface area contributed by atoms with Crippen molar-refractivity contribution in [1.29, 1.82) is 0 Å². The van der Waals surface area contributed by atoms with Crippen LogP contribution in [-0.2, 0) is 20.6 Å². The van der Waals surface area contributed by atoms with Crippen molar-refractivity contribution in [2.24, 2.45) is 23.7 Å². The lowest BCUT2D eigenvalue weighted by Crippen LogP contribution is -2.38. The number of benzene rings is 1. The fourth-order valence-corrected chi connectivity index (χ4v) is 5.63. The number of allylic oxidation sites excluding steroid dienone is 2. The van der Waals surface area contributed by atoms with Crippen molar-refractivity contribution in [2.45, 2.75) is 25.1 Å². The first kappa shape index (κ1) is 20.8. The molecule has 0 spiro atoms. The van der Waals surface area contributed by atoms with Gasteiger partial charge >= 0.3 is 6.18 Å². The molecule has 166 valence electrons. The Labute approximate surface area is 184 Å². The molecule has 0 radical (unpaired) electrons. The van der Waals surface area contributed by atoms with Gasteiger partial charge in [0.05, 0.1) is 24.3 Å². The molecule has 7 nitrogen and oxygen atoms in total. The highest BCUT2D eigenvalue weighted by Crippen LogP contribution is 2.54. The van der Waals surface area contributed by atoms with E-state index in [1.54, 1.807) is 30.3 Å². The number of carbonyl (C=O) groups is 3. The third-order valence-electron chi connectivity index (χ3n) is 6.29. The zero-order valence-corrected chi connectivity index (χ0v) is 17.3. The number of aromatic nitrogens is 2. The lowest BCUT2D eigenvalue weighted by Gasteiger charge is -2.27. The number of anilines is 1. The van der Waals surface area contributed by atoms with Gasteiger partial charge in [0.25, 0.3) is 0 Å². The summed E-state index contributed by atoms with van der Waals surface area (Å²) in [5, 5.41) is 7.25. The van der Waals surface area contributed by atoms with Gasteiger partial charge in [-0.2, -0.15) is 13.2 Å². The summed E-state index contributed by atoms with van der Waals surface area (Å²) in [5.74, 6) is -2.03. The summed E-state index contributed by atoms with van der Waals surface area (Å²) >= 11 is 0.212. The number of amides is 3. The SMILES string of the molecule is O=C(CC(c1ccccc1)N1C(=O)C2C3C=CC(C3)C2C1=O)Nc1nnc(C(F)(F)F)s1. The van der Waals surface area contributed by atoms with Gasteiger partial charge in [-0.3, -0.25) is 19.3 Å². The van der Waals surface area contributed by atoms with Crippen molar-refractivity contribution in [3.05, 3.63) is 53.1 Å². The molecule has 2 heterocycles. The lowest BCUT2D eigenvalue weighted by molar-refractivity contribution is -0.144. The highest BCUT2D eigenvalue weighted by molar-refractivity contribution is 7.15. The van der Waals surface area contributed by atoms with Crippen molar-refractivity contribution in [2.75, 3.05) is 5.32 Å². The molecule has 11 heteroatoms. The fourth-order valence-electron chi connectivity index (χ4n) is 5.00. The van der Waals surface area contributed by atoms with Crippen LogP contribution in [0.25, 0.3) is 0 Å². The van der Waals surface area contributed by atoms with E-state index >= 15 is 0 Å². The number of rotatable bonds is 5. The Morgan fingerprint density at radius 2 is 1.72 bits per heavy atom. The van der Waals surface area contributed by atoms with Crippen LogP contribution in [0.1, 0.15) is 29.5 Å². The molecule has 3 aliphatic rings. The van der Waals surface area contributed by atoms with Gasteiger partial charge in [-0.05, 0) is 23.8 Å². The number of imide groups is 1. The largest absolute Gasteiger partial charge is 0.445 e. The number of hydrogen-bond acceptors (Lipinski definition) is 6. The van der Waals surface area contributed by atoms with E-state index in [4.69, 9.17) is 0 Å². The maximum Gasteiger partial charge on any atom is 0.445 e. The Balaban J connectivity index is 1.39. The average Bonchev–Trinajstić information content (AvgIpc) is 3.52. The summed E-state index contributed by atoms with van der Waals surface area (Å²) in [7, 11) is 0. The topological polar surface area (TPSA) is 92.3 Å². The number of nitrogens with one attached hydrogen (secondary N) is 1. The Morgan fingerprint density at radius 1 is 1.09 bits per heavy atom. The molecule has 5 unspecified atom stereocenters. The highest BCUT2D eigenvalue weighted by atomic mass is 32.1. The Morgan fingerprint density at radius 3 is 2.28 bits per heavy atom. The molecule has 2 bridgehead atoms. The smallest absolute Gasteiger partial charge is 0.300 e. The maximum atomic E-state index is 13.2. The van der Waals surface area contributed by atoms with Crippen LogP contribution in [0.3, 0.4) is 0 Å². The standard InChI is InChI=1S/C21H17F3N4O3S/c22-21(23,24)19-26-27-20(32-19)25-14(29)9-13(10-4-2-1-3-5-10)28-17(30)15-11-6-7-12(8-11)16(15)18(28)31/h1-7,11-13,15-16H,8-9H2,(H,25,27,29). The molecule has 3 amide bonds. The molecule has 5 atom stereocenters. The molecule has 5 rings (SSSR count). The number of likely N-dealkylation sites (tertiary alicyclic amines) is 1. The molecule has 1 saturated carbocycles. The molecule has 1 aromatic heterocycles. The number of carbonyl (C=O) groups excluding carboxylic acids is 3. The van der Waals surface area contributed by atoms with Crippen LogP contribution >= 0.6 is 11.3 Å². The minimum absolute atomic E-state index is 0.0267. The quantitative estimate of drug-likeness (QED) is 0.543. The van der Waals surface area contributed by atoms with Crippen LogP contribution < -0.4 is 5.32 Å². The fraction of sp³-hybridized carbons (Fsp3) is 0.381. The first-order chi connectivity index (χ1) is 15.2. The zero-order chi connectivity index (χ0) is 22.6. The van der Waals surface area contributed by atoms with Crippen molar-refractivity contribution >= 4 is 34.2 Å². The second-order valence-corrected chi connectivity index (χ2v) is 9.11. The number of halogens is 3. The van der Waals surface area contributed by atoms with Gasteiger partial charge in [0, 0.05) is 0 Å². The number of hydrogen-bond donors (Lipinski definition) is 1. The minimum Gasteiger partial charge on any atom is -0.300 e. The van der Waals surface area contributed by atoms with Gasteiger partial charge in [-0.15, -0.1) is 10.2 Å². The van der Waals surface area contributed by atoms with E-state index in [9.17, 15) is 27.6 Å². The molecule has 1 N–H and O–H groups in total. The van der Waals surface area contributed by atoms with Crippen molar-refractivity contribution < 1.29 is 27.6 Å². The number of fused-ring (bicyclic) bond motifs is 5. The summed E-state index contributed by atoms with van der Waals surface area (Å²) in [6.45, 7) is 0. The highest BCUT2D eigenvalue weighted by Gasteiger charge is 2.60. The summed E-state index contributed by atoms with van der Waals surface area (Å²) in [6, 6.07) is 7.80. The molecule has 2 aliphatic carbocycles. The number of nitrogens with zero attached hydrogens (tertiary/aromatic N) is 3. The molecule has 1 saturated heterocycles. The van der Waals surface area contributed by atoms with E-state index < -0.39 is 35.0 Å². The van der Waals surface area contributed by atoms with Gasteiger partial charge < -0.3 is 5.32 Å². The summed E-state index contributed by atoms with van der Waals surface area (Å²) < 4.78 is 38.2. The van der Waals surface area contributed by atoms with Gasteiger partial charge in [0.2, 0.25) is 27.9 Å². The molecule has 1 aromatic carbocycles. The Kier molecular flexibility index (Phi) is 4.88. The van der Waals surface area contributed by atoms with Crippen molar-refractivity contribution in [3.8, 4) is 0 Å².